The van der Waals surface area contributed by atoms with Crippen LogP contribution in [0.3, 0.4) is 0 Å². The largest absolute Gasteiger partial charge is 0.448 e. The number of aromatic nitrogens is 2. The van der Waals surface area contributed by atoms with Gasteiger partial charge in [-0.3, -0.25) is 43.4 Å². The Kier molecular flexibility index (Phi) is 14.7. The molecule has 348 valence electrons. The van der Waals surface area contributed by atoms with E-state index in [4.69, 9.17) is 14.2 Å². The van der Waals surface area contributed by atoms with Crippen molar-refractivity contribution in [2.45, 2.75) is 55.2 Å². The minimum absolute atomic E-state index is 0.00519. The number of fused-ring (bicyclic) bond motifs is 1. The van der Waals surface area contributed by atoms with Gasteiger partial charge in [-0.1, -0.05) is 89.8 Å². The van der Waals surface area contributed by atoms with E-state index in [0.717, 1.165) is 41.6 Å². The van der Waals surface area contributed by atoms with E-state index >= 15 is 0 Å². The summed E-state index contributed by atoms with van der Waals surface area (Å²) in [6.45, 7) is 5.61. The molecule has 7 amide bonds. The maximum atomic E-state index is 14.8. The van der Waals surface area contributed by atoms with Crippen LogP contribution in [0.2, 0.25) is 0 Å². The number of ether oxygens (including phenoxy) is 3. The molecule has 3 atom stereocenters. The predicted molar refractivity (Wildman–Crippen MR) is 241 cm³/mol. The molecular formula is C44H42N8O12S3. The molecule has 0 radical (unpaired) electrons. The van der Waals surface area contributed by atoms with Crippen LogP contribution in [0.1, 0.15) is 54.6 Å². The van der Waals surface area contributed by atoms with Crippen molar-refractivity contribution in [1.29, 1.82) is 0 Å². The topological polar surface area (TPSA) is 253 Å². The van der Waals surface area contributed by atoms with Crippen molar-refractivity contribution in [2.75, 3.05) is 31.1 Å². The number of rotatable bonds is 16. The number of amides is 7. The highest BCUT2D eigenvalue weighted by atomic mass is 32.2. The van der Waals surface area contributed by atoms with Gasteiger partial charge in [0.15, 0.2) is 21.9 Å². The number of thioether (sulfide) groups is 2. The molecule has 0 bridgehead atoms. The van der Waals surface area contributed by atoms with E-state index in [9.17, 15) is 43.2 Å². The fraction of sp³-hybridized carbons (Fsp3) is 0.295. The number of carbonyl (C=O) groups is 9. The summed E-state index contributed by atoms with van der Waals surface area (Å²) in [5.41, 5.74) is -0.709. The zero-order chi connectivity index (χ0) is 48.0. The zero-order valence-electron chi connectivity index (χ0n) is 36.2. The Labute approximate surface area is 395 Å². The molecule has 4 heterocycles. The Morgan fingerprint density at radius 1 is 0.881 bits per heavy atom. The minimum atomic E-state index is -2.25. The second kappa shape index (κ2) is 20.6. The van der Waals surface area contributed by atoms with Gasteiger partial charge in [-0.05, 0) is 48.2 Å². The predicted octanol–water partition coefficient (Wildman–Crippen LogP) is 2.99. The first-order valence-corrected chi connectivity index (χ1v) is 23.4. The third kappa shape index (κ3) is 10.2. The standard InChI is InChI=1S/C44H42N8O12S3/c1-5-50-18-19-51(38(58)37(50)57)42(61)46-33(29-16-17-31(62-25(3)54)32(20-29)63-26(4)55)36(56)47-44(45-23-53)40(60)52-34(30(21-65-41(44)52)22-66-43-49-48-24(2)67-43)39(59)64-35(27-12-8-6-9-13-27)28-14-10-7-11-15-28/h6-17,20,23,33,35,41H,5,18-19,21-22H2,1-4H3,(H,45,53)(H,46,61)(H,47,56)/t33?,41-,44+/m0/s1. The summed E-state index contributed by atoms with van der Waals surface area (Å²) in [5.74, 6) is -6.96. The van der Waals surface area contributed by atoms with Crippen LogP contribution >= 0.6 is 34.9 Å². The second-order valence-corrected chi connectivity index (χ2v) is 18.4. The van der Waals surface area contributed by atoms with Gasteiger partial charge in [0.1, 0.15) is 22.1 Å². The molecular weight excluding hydrogens is 929 g/mol. The fourth-order valence-corrected chi connectivity index (χ4v) is 10.8. The number of esters is 3. The Hall–Kier alpha value is -7.11. The van der Waals surface area contributed by atoms with E-state index < -0.39 is 70.8 Å². The van der Waals surface area contributed by atoms with Gasteiger partial charge in [0.25, 0.3) is 5.91 Å². The molecule has 0 spiro atoms. The lowest BCUT2D eigenvalue weighted by molar-refractivity contribution is -0.164. The molecule has 7 rings (SSSR count). The Morgan fingerprint density at radius 3 is 2.13 bits per heavy atom. The molecule has 1 unspecified atom stereocenters. The molecule has 3 aliphatic heterocycles. The van der Waals surface area contributed by atoms with Crippen LogP contribution in [-0.4, -0.2) is 121 Å². The molecule has 1 aromatic heterocycles. The molecule has 67 heavy (non-hydrogen) atoms. The lowest BCUT2D eigenvalue weighted by Crippen LogP contribution is -2.85. The van der Waals surface area contributed by atoms with Crippen molar-refractivity contribution in [3.63, 3.8) is 0 Å². The number of β-lactam (4-membered cyclic amide) rings is 1. The van der Waals surface area contributed by atoms with E-state index in [2.05, 4.69) is 26.1 Å². The summed E-state index contributed by atoms with van der Waals surface area (Å²) in [6, 6.07) is 18.5. The van der Waals surface area contributed by atoms with Crippen LogP contribution in [0.4, 0.5) is 4.79 Å². The highest BCUT2D eigenvalue weighted by molar-refractivity contribution is 8.01. The maximum Gasteiger partial charge on any atom is 0.356 e. The molecule has 0 aliphatic carbocycles. The van der Waals surface area contributed by atoms with Gasteiger partial charge in [0.05, 0.1) is 0 Å². The SMILES string of the molecule is CCN1CCN(C(=O)NC(C(=O)N[C@]2(NC=O)C(=O)N3C(C(=O)OC(c4ccccc4)c4ccccc4)=C(CSc4nnc(C)s4)CS[C@H]32)c2ccc(OC(C)=O)c(OC(C)=O)c2)C(=O)C1=O. The van der Waals surface area contributed by atoms with Crippen molar-refractivity contribution >= 4 is 88.8 Å². The summed E-state index contributed by atoms with van der Waals surface area (Å²) in [5, 5.41) is 15.3. The molecule has 2 fully saturated rings. The molecule has 2 saturated heterocycles. The molecule has 3 aliphatic rings. The Balaban J connectivity index is 1.25. The first-order valence-electron chi connectivity index (χ1n) is 20.5. The van der Waals surface area contributed by atoms with Gasteiger partial charge in [0, 0.05) is 45.0 Å². The fourth-order valence-electron chi connectivity index (χ4n) is 7.44. The molecule has 3 aromatic carbocycles. The Morgan fingerprint density at radius 2 is 1.54 bits per heavy atom. The molecule has 0 saturated carbocycles. The van der Waals surface area contributed by atoms with Gasteiger partial charge in [0.2, 0.25) is 18.0 Å². The van der Waals surface area contributed by atoms with Gasteiger partial charge >= 0.3 is 35.8 Å². The molecule has 3 N–H and O–H groups in total. The summed E-state index contributed by atoms with van der Waals surface area (Å²) in [7, 11) is 0. The summed E-state index contributed by atoms with van der Waals surface area (Å²) in [4.78, 5) is 123. The van der Waals surface area contributed by atoms with Crippen LogP contribution in [0.15, 0.2) is 94.5 Å². The van der Waals surface area contributed by atoms with Gasteiger partial charge in [-0.2, -0.15) is 0 Å². The van der Waals surface area contributed by atoms with Crippen molar-refractivity contribution in [2.24, 2.45) is 0 Å². The van der Waals surface area contributed by atoms with Crippen LogP contribution in [-0.2, 0) is 43.1 Å². The van der Waals surface area contributed by atoms with Crippen molar-refractivity contribution < 1.29 is 57.4 Å². The highest BCUT2D eigenvalue weighted by Gasteiger charge is 2.66. The van der Waals surface area contributed by atoms with E-state index in [0.29, 0.717) is 25.9 Å². The first-order chi connectivity index (χ1) is 32.1. The summed E-state index contributed by atoms with van der Waals surface area (Å²) in [6.07, 6.45) is -0.718. The number of urea groups is 1. The second-order valence-electron chi connectivity index (χ2n) is 15.0. The third-order valence-corrected chi connectivity index (χ3v) is 14.0. The number of nitrogens with zero attached hydrogens (tertiary/aromatic N) is 5. The number of likely N-dealkylation sites (N-methyl/N-ethyl adjacent to an activating group) is 1. The number of nitrogens with one attached hydrogen (secondary N) is 3. The average molecular weight is 971 g/mol. The monoisotopic (exact) mass is 970 g/mol. The summed E-state index contributed by atoms with van der Waals surface area (Å²) < 4.78 is 17.3. The molecule has 20 nitrogen and oxygen atoms in total. The first kappa shape index (κ1) is 47.8. The van der Waals surface area contributed by atoms with E-state index in [1.54, 1.807) is 62.4 Å². The van der Waals surface area contributed by atoms with E-state index in [-0.39, 0.29) is 60.3 Å². The van der Waals surface area contributed by atoms with E-state index in [1.807, 2.05) is 12.1 Å². The third-order valence-electron chi connectivity index (χ3n) is 10.5. The lowest BCUT2D eigenvalue weighted by Gasteiger charge is -2.56. The van der Waals surface area contributed by atoms with Crippen molar-refractivity contribution in [3.8, 4) is 11.5 Å². The number of benzene rings is 3. The highest BCUT2D eigenvalue weighted by Crippen LogP contribution is 2.47. The summed E-state index contributed by atoms with van der Waals surface area (Å²) >= 11 is 3.76. The normalized spacial score (nSPS) is 18.4. The molecule has 23 heteroatoms. The van der Waals surface area contributed by atoms with Gasteiger partial charge in [-0.15, -0.1) is 22.0 Å². The van der Waals surface area contributed by atoms with Gasteiger partial charge < -0.3 is 35.1 Å². The lowest BCUT2D eigenvalue weighted by atomic mass is 9.94. The van der Waals surface area contributed by atoms with E-state index in [1.165, 1.54) is 40.1 Å². The number of hydrogen-bond donors (Lipinski definition) is 3. The maximum absolute atomic E-state index is 14.8. The van der Waals surface area contributed by atoms with Gasteiger partial charge in [-0.25, -0.2) is 9.59 Å². The average Bonchev–Trinajstić information content (AvgIpc) is 3.74. The minimum Gasteiger partial charge on any atom is -0.448 e. The van der Waals surface area contributed by atoms with Crippen LogP contribution in [0.5, 0.6) is 11.5 Å². The van der Waals surface area contributed by atoms with Crippen molar-refractivity contribution in [3.05, 3.63) is 112 Å². The molecule has 4 aromatic rings. The van der Waals surface area contributed by atoms with Crippen LogP contribution in [0, 0.1) is 6.92 Å². The van der Waals surface area contributed by atoms with Crippen LogP contribution < -0.4 is 25.4 Å². The zero-order valence-corrected chi connectivity index (χ0v) is 38.7. The number of imide groups is 1. The number of aryl methyl sites for hydroxylation is 1. The number of hydrogen-bond acceptors (Lipinski definition) is 17. The van der Waals surface area contributed by atoms with Crippen LogP contribution in [0.25, 0.3) is 0 Å². The number of carbonyl (C=O) groups excluding carboxylic acids is 9. The smallest absolute Gasteiger partial charge is 0.356 e. The van der Waals surface area contributed by atoms with Crippen molar-refractivity contribution in [1.82, 2.24) is 40.8 Å². The number of piperazine rings is 1. The quantitative estimate of drug-likeness (QED) is 0.0278. The Bertz CT molecular complexity index is 2630.